The van der Waals surface area contributed by atoms with Gasteiger partial charge in [-0.1, -0.05) is 0 Å². The average molecular weight is 293 g/mol. The van der Waals surface area contributed by atoms with Crippen molar-refractivity contribution in [1.29, 1.82) is 0 Å². The molecule has 0 spiro atoms. The lowest BCUT2D eigenvalue weighted by molar-refractivity contribution is -0.383. The lowest BCUT2D eigenvalue weighted by Crippen LogP contribution is -2.33. The third-order valence-corrected chi connectivity index (χ3v) is 2.75. The molecule has 0 radical (unpaired) electrons. The van der Waals surface area contributed by atoms with Gasteiger partial charge in [0.25, 0.3) is 5.69 Å². The van der Waals surface area contributed by atoms with Crippen LogP contribution in [-0.2, 0) is 0 Å². The molecule has 0 unspecified atom stereocenters. The zero-order valence-electron chi connectivity index (χ0n) is 10.8. The molecule has 0 aliphatic heterocycles. The summed E-state index contributed by atoms with van der Waals surface area (Å²) in [4.78, 5) is 24.8. The van der Waals surface area contributed by atoms with Crippen LogP contribution in [-0.4, -0.2) is 29.0 Å². The molecule has 1 aromatic heterocycles. The number of nitro groups is 1. The summed E-state index contributed by atoms with van der Waals surface area (Å²) < 4.78 is 14.0. The van der Waals surface area contributed by atoms with Crippen LogP contribution in [0.2, 0.25) is 0 Å². The number of carbonyl (C=O) groups is 1. The number of carbonyl (C=O) groups excluding carboxylic acids is 1. The number of urea groups is 1. The summed E-state index contributed by atoms with van der Waals surface area (Å²) in [5, 5.41) is 16.3. The lowest BCUT2D eigenvalue weighted by atomic mass is 10.1. The molecule has 8 nitrogen and oxygen atoms in total. The fraction of sp³-hybridized carbons (Fsp3) is 0.167. The Morgan fingerprint density at radius 1 is 1.48 bits per heavy atom. The van der Waals surface area contributed by atoms with E-state index < -0.39 is 16.8 Å². The van der Waals surface area contributed by atoms with Gasteiger partial charge in [-0.2, -0.15) is 0 Å². The number of anilines is 1. The van der Waals surface area contributed by atoms with Gasteiger partial charge in [-0.3, -0.25) is 15.1 Å². The maximum atomic E-state index is 14.0. The summed E-state index contributed by atoms with van der Waals surface area (Å²) in [5.74, 6) is -0.785. The van der Waals surface area contributed by atoms with Crippen LogP contribution >= 0.6 is 0 Å². The van der Waals surface area contributed by atoms with Crippen molar-refractivity contribution in [2.75, 3.05) is 18.4 Å². The molecule has 1 heterocycles. The highest BCUT2D eigenvalue weighted by atomic mass is 19.1. The number of benzene rings is 1. The predicted molar refractivity (Wildman–Crippen MR) is 74.4 cm³/mol. The largest absolute Gasteiger partial charge is 0.379 e. The van der Waals surface area contributed by atoms with Gasteiger partial charge in [-0.15, -0.1) is 0 Å². The predicted octanol–water partition coefficient (Wildman–Crippen LogP) is 1.36. The Morgan fingerprint density at radius 3 is 2.90 bits per heavy atom. The number of nitro benzene ring substituents is 1. The molecule has 0 atom stereocenters. The Hall–Kier alpha value is -2.97. The fourth-order valence-corrected chi connectivity index (χ4v) is 1.89. The molecule has 0 bridgehead atoms. The highest BCUT2D eigenvalue weighted by Crippen LogP contribution is 2.32. The Labute approximate surface area is 118 Å². The number of halogens is 1. The Balaban J connectivity index is 2.35. The first-order valence-electron chi connectivity index (χ1n) is 5.99. The van der Waals surface area contributed by atoms with E-state index in [9.17, 15) is 19.3 Å². The number of fused-ring (bicyclic) bond motifs is 1. The summed E-state index contributed by atoms with van der Waals surface area (Å²) in [7, 11) is 0. The van der Waals surface area contributed by atoms with Gasteiger partial charge in [0.05, 0.1) is 22.1 Å². The molecule has 0 saturated heterocycles. The van der Waals surface area contributed by atoms with Crippen molar-refractivity contribution in [1.82, 2.24) is 10.3 Å². The van der Waals surface area contributed by atoms with Crippen LogP contribution in [0.15, 0.2) is 24.4 Å². The van der Waals surface area contributed by atoms with Crippen LogP contribution in [0.1, 0.15) is 0 Å². The van der Waals surface area contributed by atoms with E-state index in [0.29, 0.717) is 0 Å². The first-order chi connectivity index (χ1) is 10.0. The quantitative estimate of drug-likeness (QED) is 0.436. The van der Waals surface area contributed by atoms with E-state index in [2.05, 4.69) is 15.6 Å². The van der Waals surface area contributed by atoms with Crippen molar-refractivity contribution < 1.29 is 14.1 Å². The van der Waals surface area contributed by atoms with E-state index in [-0.39, 0.29) is 35.4 Å². The minimum atomic E-state index is -0.785. The number of hydrogen-bond donors (Lipinski definition) is 3. The third kappa shape index (κ3) is 3.14. The van der Waals surface area contributed by atoms with Crippen molar-refractivity contribution in [2.45, 2.75) is 0 Å². The van der Waals surface area contributed by atoms with Crippen molar-refractivity contribution in [3.05, 3.63) is 40.3 Å². The standard InChI is InChI=1S/C12H12FN5O3/c13-8-6-9(18(20)21)7-2-1-3-15-10(7)11(8)16-4-5-17-12(14)19/h1-3,6,16H,4-5H2,(H3,14,17,19). The van der Waals surface area contributed by atoms with Crippen LogP contribution in [0, 0.1) is 15.9 Å². The molecule has 2 aromatic rings. The second-order valence-electron chi connectivity index (χ2n) is 4.13. The minimum Gasteiger partial charge on any atom is -0.379 e. The van der Waals surface area contributed by atoms with Gasteiger partial charge in [-0.05, 0) is 12.1 Å². The number of hydrogen-bond acceptors (Lipinski definition) is 5. The number of nitrogens with zero attached hydrogens (tertiary/aromatic N) is 2. The van der Waals surface area contributed by atoms with Crippen molar-refractivity contribution in [3.8, 4) is 0 Å². The topological polar surface area (TPSA) is 123 Å². The summed E-state index contributed by atoms with van der Waals surface area (Å²) in [6.07, 6.45) is 1.42. The smallest absolute Gasteiger partial charge is 0.312 e. The van der Waals surface area contributed by atoms with Crippen molar-refractivity contribution in [3.63, 3.8) is 0 Å². The Kier molecular flexibility index (Phi) is 4.12. The highest BCUT2D eigenvalue weighted by Gasteiger charge is 2.19. The van der Waals surface area contributed by atoms with E-state index in [1.165, 1.54) is 18.3 Å². The van der Waals surface area contributed by atoms with Crippen LogP contribution in [0.25, 0.3) is 10.9 Å². The van der Waals surface area contributed by atoms with Crippen LogP contribution in [0.4, 0.5) is 20.6 Å². The first kappa shape index (κ1) is 14.4. The second-order valence-corrected chi connectivity index (χ2v) is 4.13. The normalized spacial score (nSPS) is 10.3. The van der Waals surface area contributed by atoms with E-state index in [0.717, 1.165) is 6.07 Å². The van der Waals surface area contributed by atoms with Gasteiger partial charge in [0.2, 0.25) is 0 Å². The maximum Gasteiger partial charge on any atom is 0.312 e. The molecule has 110 valence electrons. The second kappa shape index (κ2) is 5.99. The molecule has 2 rings (SSSR count). The maximum absolute atomic E-state index is 14.0. The molecule has 0 aliphatic rings. The number of pyridine rings is 1. The molecule has 4 N–H and O–H groups in total. The number of amides is 2. The molecule has 1 aromatic carbocycles. The Morgan fingerprint density at radius 2 is 2.24 bits per heavy atom. The third-order valence-electron chi connectivity index (χ3n) is 2.75. The van der Waals surface area contributed by atoms with Gasteiger partial charge in [0.15, 0.2) is 5.82 Å². The van der Waals surface area contributed by atoms with Gasteiger partial charge < -0.3 is 16.4 Å². The minimum absolute atomic E-state index is 0.0440. The molecule has 0 fully saturated rings. The SMILES string of the molecule is NC(=O)NCCNc1c(F)cc([N+](=O)[O-])c2cccnc12. The molecule has 9 heteroatoms. The number of nitrogens with two attached hydrogens (primary N) is 1. The zero-order valence-corrected chi connectivity index (χ0v) is 10.8. The number of primary amides is 1. The summed E-state index contributed by atoms with van der Waals surface area (Å²) in [5.41, 5.74) is 4.76. The van der Waals surface area contributed by atoms with E-state index in [1.807, 2.05) is 0 Å². The summed E-state index contributed by atoms with van der Waals surface area (Å²) in [6.45, 7) is 0.378. The molecule has 21 heavy (non-hydrogen) atoms. The summed E-state index contributed by atoms with van der Waals surface area (Å²) >= 11 is 0. The van der Waals surface area contributed by atoms with Crippen molar-refractivity contribution in [2.24, 2.45) is 5.73 Å². The lowest BCUT2D eigenvalue weighted by Gasteiger charge is -2.10. The van der Waals surface area contributed by atoms with Crippen LogP contribution < -0.4 is 16.4 Å². The fourth-order valence-electron chi connectivity index (χ4n) is 1.89. The molecular formula is C12H12FN5O3. The van der Waals surface area contributed by atoms with E-state index in [4.69, 9.17) is 5.73 Å². The molecule has 2 amide bonds. The number of nitrogens with one attached hydrogen (secondary N) is 2. The van der Waals surface area contributed by atoms with Gasteiger partial charge in [0.1, 0.15) is 5.52 Å². The number of aromatic nitrogens is 1. The van der Waals surface area contributed by atoms with Crippen molar-refractivity contribution >= 4 is 28.3 Å². The van der Waals surface area contributed by atoms with Crippen LogP contribution in [0.5, 0.6) is 0 Å². The average Bonchev–Trinajstić information content (AvgIpc) is 2.44. The molecular weight excluding hydrogens is 281 g/mol. The van der Waals surface area contributed by atoms with Gasteiger partial charge in [0, 0.05) is 19.3 Å². The Bertz CT molecular complexity index is 707. The van der Waals surface area contributed by atoms with Gasteiger partial charge in [-0.25, -0.2) is 9.18 Å². The number of non-ortho nitro benzene ring substituents is 1. The van der Waals surface area contributed by atoms with E-state index >= 15 is 0 Å². The number of rotatable bonds is 5. The molecule has 0 aliphatic carbocycles. The summed E-state index contributed by atoms with van der Waals surface area (Å²) in [6, 6.07) is 3.18. The van der Waals surface area contributed by atoms with Crippen LogP contribution in [0.3, 0.4) is 0 Å². The molecule has 0 saturated carbocycles. The van der Waals surface area contributed by atoms with E-state index in [1.54, 1.807) is 0 Å². The zero-order chi connectivity index (χ0) is 15.4. The van der Waals surface area contributed by atoms with Gasteiger partial charge >= 0.3 is 6.03 Å². The first-order valence-corrected chi connectivity index (χ1v) is 5.99. The monoisotopic (exact) mass is 293 g/mol. The highest BCUT2D eigenvalue weighted by molar-refractivity contribution is 5.97.